The maximum atomic E-state index is 12.4. The molecule has 3 rings (SSSR count). The highest BCUT2D eigenvalue weighted by molar-refractivity contribution is 7.98. The van der Waals surface area contributed by atoms with Crippen molar-refractivity contribution < 1.29 is 9.53 Å². The standard InChI is InChI=1S/C21H27N3O2S/c1-23(16-21(25)22-18-7-9-19(27-2)10-8-18)15-17-5-3-4-6-20(17)24-11-13-26-14-12-24/h3-10H,11-16H2,1-2H3,(H,22,25). The highest BCUT2D eigenvalue weighted by atomic mass is 32.2. The lowest BCUT2D eigenvalue weighted by molar-refractivity contribution is -0.117. The van der Waals surface area contributed by atoms with Crippen LogP contribution in [0.2, 0.25) is 0 Å². The first-order valence-electron chi connectivity index (χ1n) is 9.19. The minimum Gasteiger partial charge on any atom is -0.378 e. The van der Waals surface area contributed by atoms with Gasteiger partial charge in [-0.3, -0.25) is 9.69 Å². The zero-order valence-electron chi connectivity index (χ0n) is 16.0. The summed E-state index contributed by atoms with van der Waals surface area (Å²) >= 11 is 1.69. The van der Waals surface area contributed by atoms with Gasteiger partial charge in [0.15, 0.2) is 0 Å². The fraction of sp³-hybridized carbons (Fsp3) is 0.381. The summed E-state index contributed by atoms with van der Waals surface area (Å²) in [5.74, 6) is -0.00162. The van der Waals surface area contributed by atoms with Crippen molar-refractivity contribution >= 4 is 29.0 Å². The van der Waals surface area contributed by atoms with Gasteiger partial charge in [-0.05, 0) is 49.2 Å². The lowest BCUT2D eigenvalue weighted by atomic mass is 10.1. The normalized spacial score (nSPS) is 14.4. The summed E-state index contributed by atoms with van der Waals surface area (Å²) in [7, 11) is 1.98. The molecule has 0 atom stereocenters. The number of nitrogens with zero attached hydrogens (tertiary/aromatic N) is 2. The van der Waals surface area contributed by atoms with Gasteiger partial charge in [0.1, 0.15) is 0 Å². The van der Waals surface area contributed by atoms with E-state index in [9.17, 15) is 4.79 Å². The number of likely N-dealkylation sites (N-methyl/N-ethyl adjacent to an activating group) is 1. The first kappa shape index (κ1) is 19.7. The summed E-state index contributed by atoms with van der Waals surface area (Å²) in [6, 6.07) is 16.3. The topological polar surface area (TPSA) is 44.8 Å². The first-order chi connectivity index (χ1) is 13.2. The van der Waals surface area contributed by atoms with Crippen molar-refractivity contribution in [3.05, 3.63) is 54.1 Å². The summed E-state index contributed by atoms with van der Waals surface area (Å²) in [5, 5.41) is 2.97. The minimum atomic E-state index is -0.00162. The van der Waals surface area contributed by atoms with Crippen LogP contribution in [0.15, 0.2) is 53.4 Å². The van der Waals surface area contributed by atoms with Crippen LogP contribution in [-0.2, 0) is 16.1 Å². The molecule has 5 nitrogen and oxygen atoms in total. The molecule has 1 heterocycles. The van der Waals surface area contributed by atoms with Crippen molar-refractivity contribution in [3.63, 3.8) is 0 Å². The Balaban J connectivity index is 1.57. The number of carbonyl (C=O) groups excluding carboxylic acids is 1. The number of benzene rings is 2. The van der Waals surface area contributed by atoms with Gasteiger partial charge in [0.2, 0.25) is 5.91 Å². The van der Waals surface area contributed by atoms with Gasteiger partial charge in [0.25, 0.3) is 0 Å². The number of para-hydroxylation sites is 1. The number of hydrogen-bond acceptors (Lipinski definition) is 5. The third-order valence-corrected chi connectivity index (χ3v) is 5.31. The minimum absolute atomic E-state index is 0.00162. The third kappa shape index (κ3) is 5.73. The van der Waals surface area contributed by atoms with Crippen LogP contribution < -0.4 is 10.2 Å². The lowest BCUT2D eigenvalue weighted by Crippen LogP contribution is -2.37. The zero-order chi connectivity index (χ0) is 19.1. The summed E-state index contributed by atoms with van der Waals surface area (Å²) in [5.41, 5.74) is 3.31. The number of anilines is 2. The number of amides is 1. The molecule has 144 valence electrons. The predicted molar refractivity (Wildman–Crippen MR) is 113 cm³/mol. The van der Waals surface area contributed by atoms with Gasteiger partial charge in [0, 0.05) is 35.9 Å². The maximum absolute atomic E-state index is 12.4. The van der Waals surface area contributed by atoms with E-state index < -0.39 is 0 Å². The molecule has 0 spiro atoms. The number of thioether (sulfide) groups is 1. The molecule has 0 unspecified atom stereocenters. The Bertz CT molecular complexity index is 745. The Morgan fingerprint density at radius 3 is 2.56 bits per heavy atom. The van der Waals surface area contributed by atoms with Crippen molar-refractivity contribution in [1.29, 1.82) is 0 Å². The second-order valence-electron chi connectivity index (χ2n) is 6.68. The molecule has 1 fully saturated rings. The van der Waals surface area contributed by atoms with Crippen molar-refractivity contribution in [3.8, 4) is 0 Å². The number of rotatable bonds is 7. The van der Waals surface area contributed by atoms with Crippen molar-refractivity contribution in [1.82, 2.24) is 4.90 Å². The van der Waals surface area contributed by atoms with Crippen LogP contribution in [0.3, 0.4) is 0 Å². The monoisotopic (exact) mass is 385 g/mol. The number of nitrogens with one attached hydrogen (secondary N) is 1. The van der Waals surface area contributed by atoms with E-state index >= 15 is 0 Å². The Hall–Kier alpha value is -2.02. The molecule has 27 heavy (non-hydrogen) atoms. The van der Waals surface area contributed by atoms with Crippen molar-refractivity contribution in [2.24, 2.45) is 0 Å². The summed E-state index contributed by atoms with van der Waals surface area (Å²) < 4.78 is 5.46. The summed E-state index contributed by atoms with van der Waals surface area (Å²) in [6.07, 6.45) is 2.04. The molecule has 0 bridgehead atoms. The highest BCUT2D eigenvalue weighted by Gasteiger charge is 2.16. The largest absolute Gasteiger partial charge is 0.378 e. The smallest absolute Gasteiger partial charge is 0.238 e. The average molecular weight is 386 g/mol. The third-order valence-electron chi connectivity index (χ3n) is 4.57. The van der Waals surface area contributed by atoms with Crippen molar-refractivity contribution in [2.75, 3.05) is 56.4 Å². The van der Waals surface area contributed by atoms with Crippen molar-refractivity contribution in [2.45, 2.75) is 11.4 Å². The molecule has 1 saturated heterocycles. The van der Waals surface area contributed by atoms with E-state index in [0.717, 1.165) is 38.5 Å². The van der Waals surface area contributed by atoms with E-state index in [0.29, 0.717) is 6.54 Å². The van der Waals surface area contributed by atoms with Gasteiger partial charge in [-0.1, -0.05) is 18.2 Å². The molecule has 1 aliphatic rings. The van der Waals surface area contributed by atoms with Gasteiger partial charge >= 0.3 is 0 Å². The number of hydrogen-bond donors (Lipinski definition) is 1. The molecule has 2 aromatic carbocycles. The van der Waals surface area contributed by atoms with E-state index in [1.54, 1.807) is 11.8 Å². The number of ether oxygens (including phenoxy) is 1. The summed E-state index contributed by atoms with van der Waals surface area (Å²) in [4.78, 5) is 18.0. The quantitative estimate of drug-likeness (QED) is 0.741. The van der Waals surface area contributed by atoms with Crippen LogP contribution in [0.1, 0.15) is 5.56 Å². The molecule has 0 aromatic heterocycles. The molecule has 1 N–H and O–H groups in total. The van der Waals surface area contributed by atoms with Gasteiger partial charge < -0.3 is 15.0 Å². The van der Waals surface area contributed by atoms with Crippen LogP contribution in [0, 0.1) is 0 Å². The maximum Gasteiger partial charge on any atom is 0.238 e. The SMILES string of the molecule is CSc1ccc(NC(=O)CN(C)Cc2ccccc2N2CCOCC2)cc1. The van der Waals surface area contributed by atoms with E-state index in [1.165, 1.54) is 16.1 Å². The molecule has 0 saturated carbocycles. The molecular weight excluding hydrogens is 358 g/mol. The Kier molecular flexibility index (Phi) is 7.15. The first-order valence-corrected chi connectivity index (χ1v) is 10.4. The molecule has 1 amide bonds. The molecular formula is C21H27N3O2S. The highest BCUT2D eigenvalue weighted by Crippen LogP contribution is 2.23. The van der Waals surface area contributed by atoms with Crippen LogP contribution in [-0.4, -0.2) is 57.0 Å². The van der Waals surface area contributed by atoms with Gasteiger partial charge in [-0.15, -0.1) is 11.8 Å². The van der Waals surface area contributed by atoms with E-state index in [4.69, 9.17) is 4.74 Å². The van der Waals surface area contributed by atoms with E-state index in [2.05, 4.69) is 34.5 Å². The Labute approximate surface area is 165 Å². The predicted octanol–water partition coefficient (Wildman–Crippen LogP) is 3.32. The van der Waals surface area contributed by atoms with Gasteiger partial charge in [-0.2, -0.15) is 0 Å². The van der Waals surface area contributed by atoms with Gasteiger partial charge in [-0.25, -0.2) is 0 Å². The zero-order valence-corrected chi connectivity index (χ0v) is 16.8. The summed E-state index contributed by atoms with van der Waals surface area (Å²) in [6.45, 7) is 4.43. The van der Waals surface area contributed by atoms with E-state index in [-0.39, 0.29) is 5.91 Å². The van der Waals surface area contributed by atoms with Crippen LogP contribution in [0.4, 0.5) is 11.4 Å². The van der Waals surface area contributed by atoms with Gasteiger partial charge in [0.05, 0.1) is 19.8 Å². The second kappa shape index (κ2) is 9.78. The molecule has 0 aliphatic carbocycles. The Morgan fingerprint density at radius 2 is 1.85 bits per heavy atom. The Morgan fingerprint density at radius 1 is 1.15 bits per heavy atom. The average Bonchev–Trinajstić information content (AvgIpc) is 2.69. The molecule has 6 heteroatoms. The second-order valence-corrected chi connectivity index (χ2v) is 7.56. The van der Waals surface area contributed by atoms with Crippen LogP contribution in [0.25, 0.3) is 0 Å². The van der Waals surface area contributed by atoms with E-state index in [1.807, 2.05) is 42.5 Å². The molecule has 0 radical (unpaired) electrons. The lowest BCUT2D eigenvalue weighted by Gasteiger charge is -2.31. The molecule has 2 aromatic rings. The fourth-order valence-electron chi connectivity index (χ4n) is 3.22. The van der Waals surface area contributed by atoms with Crippen LogP contribution in [0.5, 0.6) is 0 Å². The fourth-order valence-corrected chi connectivity index (χ4v) is 3.63. The van der Waals surface area contributed by atoms with Crippen LogP contribution >= 0.6 is 11.8 Å². The number of carbonyl (C=O) groups is 1. The molecule has 1 aliphatic heterocycles. The number of morpholine rings is 1.